The second-order valence-electron chi connectivity index (χ2n) is 6.89. The summed E-state index contributed by atoms with van der Waals surface area (Å²) in [7, 11) is -3.49. The molecule has 6 nitrogen and oxygen atoms in total. The van der Waals surface area contributed by atoms with E-state index in [9.17, 15) is 13.2 Å². The number of fused-ring (bicyclic) bond motifs is 1. The lowest BCUT2D eigenvalue weighted by atomic mass is 10.1. The topological polar surface area (TPSA) is 75.7 Å². The average Bonchev–Trinajstić information content (AvgIpc) is 2.70. The standard InChI is InChI=1S/C21H26N2O4S/c1-3-28(25,26)23-15-20(27-19-12-5-4-11-18(19)23)21(24)22-13-7-10-17-9-6-8-16(2)14-17/h4-6,8-9,11-12,14,20H,3,7,10,13,15H2,1-2H3,(H,22,24)/t20-/m1/s1. The van der Waals surface area contributed by atoms with E-state index in [0.717, 1.165) is 12.8 Å². The molecule has 1 aliphatic rings. The maximum absolute atomic E-state index is 12.6. The summed E-state index contributed by atoms with van der Waals surface area (Å²) in [6, 6.07) is 15.2. The molecule has 0 radical (unpaired) electrons. The number of amides is 1. The molecule has 1 heterocycles. The molecule has 7 heteroatoms. The van der Waals surface area contributed by atoms with E-state index in [1.807, 2.05) is 6.07 Å². The summed E-state index contributed by atoms with van der Waals surface area (Å²) in [5.74, 6) is 0.0762. The fraction of sp³-hybridized carbons (Fsp3) is 0.381. The van der Waals surface area contributed by atoms with Crippen molar-refractivity contribution in [3.63, 3.8) is 0 Å². The molecule has 0 fully saturated rings. The molecule has 1 atom stereocenters. The van der Waals surface area contributed by atoms with Gasteiger partial charge in [0, 0.05) is 6.54 Å². The Bertz CT molecular complexity index is 943. The number of hydrogen-bond acceptors (Lipinski definition) is 4. The van der Waals surface area contributed by atoms with Crippen LogP contribution in [0.1, 0.15) is 24.5 Å². The Morgan fingerprint density at radius 1 is 1.21 bits per heavy atom. The summed E-state index contributed by atoms with van der Waals surface area (Å²) in [6.45, 7) is 4.14. The molecule has 2 aromatic carbocycles. The number of para-hydroxylation sites is 2. The van der Waals surface area contributed by atoms with Gasteiger partial charge in [0.05, 0.1) is 18.0 Å². The molecule has 3 rings (SSSR count). The summed E-state index contributed by atoms with van der Waals surface area (Å²) in [5.41, 5.74) is 2.93. The molecule has 1 N–H and O–H groups in total. The maximum Gasteiger partial charge on any atom is 0.263 e. The van der Waals surface area contributed by atoms with E-state index in [2.05, 4.69) is 30.4 Å². The molecule has 0 bridgehead atoms. The summed E-state index contributed by atoms with van der Waals surface area (Å²) < 4.78 is 32.0. The van der Waals surface area contributed by atoms with Crippen LogP contribution in [0, 0.1) is 6.92 Å². The number of benzene rings is 2. The quantitative estimate of drug-likeness (QED) is 0.723. The van der Waals surface area contributed by atoms with E-state index < -0.39 is 16.1 Å². The molecule has 0 spiro atoms. The lowest BCUT2D eigenvalue weighted by Crippen LogP contribution is -2.51. The Labute approximate surface area is 166 Å². The van der Waals surface area contributed by atoms with E-state index in [1.54, 1.807) is 31.2 Å². The van der Waals surface area contributed by atoms with Gasteiger partial charge in [0.1, 0.15) is 5.75 Å². The number of ether oxygens (including phenoxy) is 1. The molecule has 0 saturated carbocycles. The molecular weight excluding hydrogens is 376 g/mol. The zero-order valence-electron chi connectivity index (χ0n) is 16.2. The number of nitrogens with one attached hydrogen (secondary N) is 1. The van der Waals surface area contributed by atoms with Crippen LogP contribution in [0.25, 0.3) is 0 Å². The Morgan fingerprint density at radius 3 is 2.75 bits per heavy atom. The normalized spacial score (nSPS) is 16.2. The van der Waals surface area contributed by atoms with Crippen molar-refractivity contribution in [3.8, 4) is 5.75 Å². The number of anilines is 1. The van der Waals surface area contributed by atoms with Crippen LogP contribution in [0.2, 0.25) is 0 Å². The minimum absolute atomic E-state index is 0.0170. The van der Waals surface area contributed by atoms with Crippen LogP contribution in [0.5, 0.6) is 5.75 Å². The van der Waals surface area contributed by atoms with Gasteiger partial charge in [0.25, 0.3) is 5.91 Å². The van der Waals surface area contributed by atoms with Crippen LogP contribution in [-0.2, 0) is 21.2 Å². The first-order valence-electron chi connectivity index (χ1n) is 9.50. The van der Waals surface area contributed by atoms with Gasteiger partial charge >= 0.3 is 0 Å². The fourth-order valence-electron chi connectivity index (χ4n) is 3.24. The zero-order valence-corrected chi connectivity index (χ0v) is 17.0. The number of carbonyl (C=O) groups is 1. The number of hydrogen-bond donors (Lipinski definition) is 1. The second-order valence-corrected chi connectivity index (χ2v) is 9.07. The smallest absolute Gasteiger partial charge is 0.263 e. The van der Waals surface area contributed by atoms with E-state index in [0.29, 0.717) is 18.0 Å². The average molecular weight is 403 g/mol. The first-order valence-corrected chi connectivity index (χ1v) is 11.1. The largest absolute Gasteiger partial charge is 0.476 e. The highest BCUT2D eigenvalue weighted by Gasteiger charge is 2.35. The van der Waals surface area contributed by atoms with Crippen LogP contribution in [-0.4, -0.2) is 39.3 Å². The molecule has 28 heavy (non-hydrogen) atoms. The van der Waals surface area contributed by atoms with Crippen molar-refractivity contribution in [1.82, 2.24) is 5.32 Å². The second kappa shape index (κ2) is 8.65. The van der Waals surface area contributed by atoms with Crippen molar-refractivity contribution < 1.29 is 17.9 Å². The van der Waals surface area contributed by atoms with Gasteiger partial charge in [-0.1, -0.05) is 42.0 Å². The predicted octanol–water partition coefficient (Wildman–Crippen LogP) is 2.66. The molecule has 2 aromatic rings. The van der Waals surface area contributed by atoms with Crippen molar-refractivity contribution in [1.29, 1.82) is 0 Å². The maximum atomic E-state index is 12.6. The van der Waals surface area contributed by atoms with E-state index in [-0.39, 0.29) is 18.2 Å². The zero-order chi connectivity index (χ0) is 20.1. The van der Waals surface area contributed by atoms with Gasteiger partial charge in [-0.15, -0.1) is 0 Å². The monoisotopic (exact) mass is 402 g/mol. The third-order valence-corrected chi connectivity index (χ3v) is 6.50. The molecule has 1 amide bonds. The summed E-state index contributed by atoms with van der Waals surface area (Å²) >= 11 is 0. The summed E-state index contributed by atoms with van der Waals surface area (Å²) in [4.78, 5) is 12.6. The van der Waals surface area contributed by atoms with Crippen LogP contribution < -0.4 is 14.4 Å². The Kier molecular flexibility index (Phi) is 6.24. The minimum Gasteiger partial charge on any atom is -0.476 e. The van der Waals surface area contributed by atoms with Gasteiger partial charge in [-0.05, 0) is 44.4 Å². The first kappa shape index (κ1) is 20.2. The molecular formula is C21H26N2O4S. The number of carbonyl (C=O) groups excluding carboxylic acids is 1. The number of rotatable bonds is 7. The summed E-state index contributed by atoms with van der Waals surface area (Å²) in [5, 5.41) is 2.87. The highest BCUT2D eigenvalue weighted by Crippen LogP contribution is 2.35. The predicted molar refractivity (Wildman–Crippen MR) is 110 cm³/mol. The van der Waals surface area contributed by atoms with Gasteiger partial charge in [-0.2, -0.15) is 0 Å². The number of sulfonamides is 1. The highest BCUT2D eigenvalue weighted by molar-refractivity contribution is 7.92. The fourth-order valence-corrected chi connectivity index (χ4v) is 4.37. The lowest BCUT2D eigenvalue weighted by Gasteiger charge is -2.34. The third kappa shape index (κ3) is 4.65. The van der Waals surface area contributed by atoms with Gasteiger partial charge in [-0.3, -0.25) is 9.10 Å². The molecule has 0 aliphatic carbocycles. The first-order chi connectivity index (χ1) is 13.4. The van der Waals surface area contributed by atoms with Crippen LogP contribution >= 0.6 is 0 Å². The van der Waals surface area contributed by atoms with Crippen LogP contribution in [0.15, 0.2) is 48.5 Å². The van der Waals surface area contributed by atoms with Crippen molar-refractivity contribution in [2.75, 3.05) is 23.1 Å². The van der Waals surface area contributed by atoms with Crippen molar-refractivity contribution >= 4 is 21.6 Å². The Morgan fingerprint density at radius 2 is 2.00 bits per heavy atom. The van der Waals surface area contributed by atoms with Crippen LogP contribution in [0.3, 0.4) is 0 Å². The third-order valence-electron chi connectivity index (χ3n) is 4.75. The van der Waals surface area contributed by atoms with E-state index in [4.69, 9.17) is 4.74 Å². The SMILES string of the molecule is CCS(=O)(=O)N1C[C@H](C(=O)NCCCc2cccc(C)c2)Oc2ccccc21. The molecule has 0 unspecified atom stereocenters. The minimum atomic E-state index is -3.49. The number of aryl methyl sites for hydroxylation is 2. The van der Waals surface area contributed by atoms with Crippen molar-refractivity contribution in [3.05, 3.63) is 59.7 Å². The summed E-state index contributed by atoms with van der Waals surface area (Å²) in [6.07, 6.45) is 0.803. The van der Waals surface area contributed by atoms with Gasteiger partial charge in [0.2, 0.25) is 10.0 Å². The molecule has 0 saturated heterocycles. The lowest BCUT2D eigenvalue weighted by molar-refractivity contribution is -0.127. The molecule has 1 aliphatic heterocycles. The Hall–Kier alpha value is -2.54. The highest BCUT2D eigenvalue weighted by atomic mass is 32.2. The van der Waals surface area contributed by atoms with E-state index >= 15 is 0 Å². The van der Waals surface area contributed by atoms with Crippen molar-refractivity contribution in [2.24, 2.45) is 0 Å². The number of nitrogens with zero attached hydrogens (tertiary/aromatic N) is 1. The molecule has 0 aromatic heterocycles. The van der Waals surface area contributed by atoms with Gasteiger partial charge < -0.3 is 10.1 Å². The molecule has 150 valence electrons. The van der Waals surface area contributed by atoms with Crippen LogP contribution in [0.4, 0.5) is 5.69 Å². The van der Waals surface area contributed by atoms with Gasteiger partial charge in [0.15, 0.2) is 6.10 Å². The van der Waals surface area contributed by atoms with Gasteiger partial charge in [-0.25, -0.2) is 8.42 Å². The van der Waals surface area contributed by atoms with Crippen molar-refractivity contribution in [2.45, 2.75) is 32.8 Å². The van der Waals surface area contributed by atoms with E-state index in [1.165, 1.54) is 15.4 Å². The Balaban J connectivity index is 1.61.